The highest BCUT2D eigenvalue weighted by molar-refractivity contribution is 7.89. The molecule has 3 atom stereocenters. The monoisotopic (exact) mass is 398 g/mol. The van der Waals surface area contributed by atoms with Crippen LogP contribution in [-0.2, 0) is 10.0 Å². The van der Waals surface area contributed by atoms with Gasteiger partial charge in [0.25, 0.3) is 5.91 Å². The van der Waals surface area contributed by atoms with Gasteiger partial charge in [-0.1, -0.05) is 32.4 Å². The molecule has 0 saturated heterocycles. The molecule has 2 aliphatic rings. The van der Waals surface area contributed by atoms with Crippen LogP contribution >= 0.6 is 11.6 Å². The van der Waals surface area contributed by atoms with E-state index in [0.29, 0.717) is 11.5 Å². The van der Waals surface area contributed by atoms with Gasteiger partial charge in [0.15, 0.2) is 0 Å². The number of hydrogen-bond donors (Lipinski definition) is 1. The minimum atomic E-state index is -3.71. The predicted octanol–water partition coefficient (Wildman–Crippen LogP) is 3.53. The second kappa shape index (κ2) is 6.21. The average molecular weight is 399 g/mol. The summed E-state index contributed by atoms with van der Waals surface area (Å²) in [6.45, 7) is 6.84. The summed E-state index contributed by atoms with van der Waals surface area (Å²) in [5.41, 5.74) is 0.585. The Balaban J connectivity index is 1.86. The van der Waals surface area contributed by atoms with Crippen LogP contribution in [-0.4, -0.2) is 38.8 Å². The number of nitrogens with one attached hydrogen (secondary N) is 1. The van der Waals surface area contributed by atoms with E-state index < -0.39 is 10.0 Å². The lowest BCUT2D eigenvalue weighted by Crippen LogP contribution is -2.46. The van der Waals surface area contributed by atoms with Crippen LogP contribution in [0.25, 0.3) is 0 Å². The molecule has 26 heavy (non-hydrogen) atoms. The summed E-state index contributed by atoms with van der Waals surface area (Å²) in [7, 11) is -0.826. The summed E-state index contributed by atoms with van der Waals surface area (Å²) in [5, 5.41) is 3.27. The summed E-state index contributed by atoms with van der Waals surface area (Å²) in [6.07, 6.45) is 3.30. The maximum absolute atomic E-state index is 12.8. The van der Waals surface area contributed by atoms with E-state index in [4.69, 9.17) is 11.6 Å². The maximum Gasteiger partial charge on any atom is 0.251 e. The Morgan fingerprint density at radius 2 is 1.92 bits per heavy atom. The van der Waals surface area contributed by atoms with Crippen molar-refractivity contribution in [1.82, 2.24) is 9.62 Å². The van der Waals surface area contributed by atoms with E-state index in [1.807, 2.05) is 0 Å². The van der Waals surface area contributed by atoms with Gasteiger partial charge in [-0.15, -0.1) is 0 Å². The second-order valence-electron chi connectivity index (χ2n) is 8.57. The molecule has 5 nitrogen and oxygen atoms in total. The van der Waals surface area contributed by atoms with E-state index in [-0.39, 0.29) is 32.7 Å². The fraction of sp³-hybridized carbons (Fsp3) is 0.632. The molecular weight excluding hydrogens is 372 g/mol. The molecule has 144 valence electrons. The van der Waals surface area contributed by atoms with Crippen molar-refractivity contribution < 1.29 is 13.2 Å². The molecule has 2 fully saturated rings. The molecular formula is C19H27ClN2O3S. The van der Waals surface area contributed by atoms with E-state index in [0.717, 1.165) is 17.1 Å². The van der Waals surface area contributed by atoms with Gasteiger partial charge in [-0.25, -0.2) is 12.7 Å². The molecule has 0 radical (unpaired) electrons. The fourth-order valence-corrected chi connectivity index (χ4v) is 6.10. The Morgan fingerprint density at radius 3 is 2.42 bits per heavy atom. The van der Waals surface area contributed by atoms with Gasteiger partial charge in [0.1, 0.15) is 4.90 Å². The molecule has 7 heteroatoms. The lowest BCUT2D eigenvalue weighted by atomic mass is 9.69. The Labute approximate surface area is 161 Å². The number of halogens is 1. The highest BCUT2D eigenvalue weighted by atomic mass is 35.5. The van der Waals surface area contributed by atoms with Gasteiger partial charge < -0.3 is 5.32 Å². The van der Waals surface area contributed by atoms with Crippen molar-refractivity contribution in [2.75, 3.05) is 14.1 Å². The molecule has 1 N–H and O–H groups in total. The minimum absolute atomic E-state index is 0.0451. The van der Waals surface area contributed by atoms with Crippen molar-refractivity contribution in [2.45, 2.75) is 51.0 Å². The molecule has 3 rings (SSSR count). The Hall–Kier alpha value is -1.11. The highest BCUT2D eigenvalue weighted by Crippen LogP contribution is 2.65. The molecule has 2 saturated carbocycles. The van der Waals surface area contributed by atoms with Crippen molar-refractivity contribution in [3.63, 3.8) is 0 Å². The van der Waals surface area contributed by atoms with Crippen LogP contribution in [0.2, 0.25) is 5.02 Å². The number of carbonyl (C=O) groups excluding carboxylic acids is 1. The third kappa shape index (κ3) is 2.77. The van der Waals surface area contributed by atoms with Gasteiger partial charge in [0.2, 0.25) is 10.0 Å². The normalized spacial score (nSPS) is 30.0. The molecule has 0 heterocycles. The van der Waals surface area contributed by atoms with E-state index in [9.17, 15) is 13.2 Å². The summed E-state index contributed by atoms with van der Waals surface area (Å²) in [5.74, 6) is 0.374. The minimum Gasteiger partial charge on any atom is -0.349 e. The Bertz CT molecular complexity index is 850. The predicted molar refractivity (Wildman–Crippen MR) is 103 cm³/mol. The molecule has 1 aromatic carbocycles. The van der Waals surface area contributed by atoms with Crippen molar-refractivity contribution in [1.29, 1.82) is 0 Å². The molecule has 0 spiro atoms. The first-order chi connectivity index (χ1) is 11.9. The summed E-state index contributed by atoms with van der Waals surface area (Å²) >= 11 is 6.07. The quantitative estimate of drug-likeness (QED) is 0.843. The molecule has 3 unspecified atom stereocenters. The first kappa shape index (κ1) is 19.6. The molecule has 0 aromatic heterocycles. The second-order valence-corrected chi connectivity index (χ2v) is 11.1. The fourth-order valence-electron chi connectivity index (χ4n) is 4.70. The van der Waals surface area contributed by atoms with Crippen LogP contribution in [0.5, 0.6) is 0 Å². The van der Waals surface area contributed by atoms with Gasteiger partial charge >= 0.3 is 0 Å². The van der Waals surface area contributed by atoms with Gasteiger partial charge in [-0.2, -0.15) is 0 Å². The zero-order valence-electron chi connectivity index (χ0n) is 16.0. The van der Waals surface area contributed by atoms with Crippen LogP contribution in [0.15, 0.2) is 23.1 Å². The van der Waals surface area contributed by atoms with Crippen molar-refractivity contribution in [2.24, 2.45) is 16.7 Å². The Kier molecular flexibility index (Phi) is 4.69. The van der Waals surface area contributed by atoms with Gasteiger partial charge in [0, 0.05) is 25.7 Å². The summed E-state index contributed by atoms with van der Waals surface area (Å²) in [6, 6.07) is 4.52. The number of carbonyl (C=O) groups is 1. The first-order valence-corrected chi connectivity index (χ1v) is 10.8. The lowest BCUT2D eigenvalue weighted by Gasteiger charge is -2.39. The average Bonchev–Trinajstić information content (AvgIpc) is 2.88. The molecule has 0 aliphatic heterocycles. The van der Waals surface area contributed by atoms with Gasteiger partial charge in [0.05, 0.1) is 5.02 Å². The highest BCUT2D eigenvalue weighted by Gasteiger charge is 2.61. The van der Waals surface area contributed by atoms with Crippen molar-refractivity contribution >= 4 is 27.5 Å². The van der Waals surface area contributed by atoms with Crippen LogP contribution in [0.3, 0.4) is 0 Å². The van der Waals surface area contributed by atoms with E-state index >= 15 is 0 Å². The Morgan fingerprint density at radius 1 is 1.27 bits per heavy atom. The van der Waals surface area contributed by atoms with E-state index in [2.05, 4.69) is 26.1 Å². The van der Waals surface area contributed by atoms with Crippen molar-refractivity contribution in [3.05, 3.63) is 28.8 Å². The third-order valence-corrected chi connectivity index (χ3v) is 9.35. The molecule has 1 amide bonds. The number of fused-ring (bicyclic) bond motifs is 2. The zero-order valence-corrected chi connectivity index (χ0v) is 17.5. The van der Waals surface area contributed by atoms with Gasteiger partial charge in [-0.3, -0.25) is 4.79 Å². The summed E-state index contributed by atoms with van der Waals surface area (Å²) in [4.78, 5) is 12.8. The van der Waals surface area contributed by atoms with Crippen LogP contribution < -0.4 is 5.32 Å². The number of nitrogens with zero attached hydrogens (tertiary/aromatic N) is 1. The molecule has 1 aromatic rings. The van der Waals surface area contributed by atoms with Crippen LogP contribution in [0.4, 0.5) is 0 Å². The molecule has 2 bridgehead atoms. The van der Waals surface area contributed by atoms with E-state index in [1.165, 1.54) is 32.6 Å². The van der Waals surface area contributed by atoms with Gasteiger partial charge in [-0.05, 0) is 54.2 Å². The third-order valence-electron chi connectivity index (χ3n) is 7.05. The van der Waals surface area contributed by atoms with Crippen LogP contribution in [0, 0.1) is 16.7 Å². The summed E-state index contributed by atoms with van der Waals surface area (Å²) < 4.78 is 25.9. The lowest BCUT2D eigenvalue weighted by molar-refractivity contribution is 0.0826. The number of amides is 1. The maximum atomic E-state index is 12.8. The number of hydrogen-bond acceptors (Lipinski definition) is 3. The standard InChI is InChI=1S/C19H27ClN2O3S/c1-18(2)13-8-9-19(18,3)16(11-13)21-17(23)12-6-7-14(20)15(10-12)26(24,25)22(4)5/h6-7,10,13,16H,8-9,11H2,1-5H3,(H,21,23). The van der Waals surface area contributed by atoms with Crippen LogP contribution in [0.1, 0.15) is 50.4 Å². The SMILES string of the molecule is CN(C)S(=O)(=O)c1cc(C(=O)NC2CC3CCC2(C)C3(C)C)ccc1Cl. The number of rotatable bonds is 4. The zero-order chi connectivity index (χ0) is 19.5. The first-order valence-electron chi connectivity index (χ1n) is 8.94. The van der Waals surface area contributed by atoms with E-state index in [1.54, 1.807) is 6.07 Å². The largest absolute Gasteiger partial charge is 0.349 e. The number of benzene rings is 1. The smallest absolute Gasteiger partial charge is 0.251 e. The van der Waals surface area contributed by atoms with Crippen molar-refractivity contribution in [3.8, 4) is 0 Å². The molecule has 2 aliphatic carbocycles. The number of sulfonamides is 1. The topological polar surface area (TPSA) is 66.5 Å².